The molecule has 2 aromatic carbocycles. The highest BCUT2D eigenvalue weighted by atomic mass is 16.5. The summed E-state index contributed by atoms with van der Waals surface area (Å²) >= 11 is 0. The lowest BCUT2D eigenvalue weighted by Crippen LogP contribution is -2.54. The second kappa shape index (κ2) is 6.37. The SMILES string of the molecule is COc1ccc(N2C(=O)NC(=O)/C(=C/c3ccccc3)C2=O)cc1. The number of urea groups is 1. The average Bonchev–Trinajstić information content (AvgIpc) is 2.60. The van der Waals surface area contributed by atoms with Crippen LogP contribution in [-0.4, -0.2) is 25.0 Å². The summed E-state index contributed by atoms with van der Waals surface area (Å²) in [5.74, 6) is -0.781. The van der Waals surface area contributed by atoms with Crippen LogP contribution >= 0.6 is 0 Å². The molecule has 1 fully saturated rings. The van der Waals surface area contributed by atoms with Crippen LogP contribution in [-0.2, 0) is 9.59 Å². The van der Waals surface area contributed by atoms with Crippen LogP contribution in [0, 0.1) is 0 Å². The fourth-order valence-corrected chi connectivity index (χ4v) is 2.34. The van der Waals surface area contributed by atoms with Crippen molar-refractivity contribution in [2.24, 2.45) is 0 Å². The zero-order valence-corrected chi connectivity index (χ0v) is 12.9. The zero-order valence-electron chi connectivity index (χ0n) is 12.9. The molecule has 0 saturated carbocycles. The number of barbiturate groups is 1. The van der Waals surface area contributed by atoms with Gasteiger partial charge in [-0.05, 0) is 35.9 Å². The van der Waals surface area contributed by atoms with Crippen molar-refractivity contribution in [1.29, 1.82) is 0 Å². The fourth-order valence-electron chi connectivity index (χ4n) is 2.34. The van der Waals surface area contributed by atoms with E-state index < -0.39 is 17.8 Å². The number of nitrogens with zero attached hydrogens (tertiary/aromatic N) is 1. The van der Waals surface area contributed by atoms with E-state index in [9.17, 15) is 14.4 Å². The van der Waals surface area contributed by atoms with Gasteiger partial charge < -0.3 is 4.74 Å². The van der Waals surface area contributed by atoms with Crippen LogP contribution in [0.4, 0.5) is 10.5 Å². The summed E-state index contributed by atoms with van der Waals surface area (Å²) < 4.78 is 5.06. The molecule has 0 spiro atoms. The minimum absolute atomic E-state index is 0.100. The van der Waals surface area contributed by atoms with Crippen LogP contribution in [0.1, 0.15) is 5.56 Å². The van der Waals surface area contributed by atoms with Crippen LogP contribution in [0.2, 0.25) is 0 Å². The van der Waals surface area contributed by atoms with Gasteiger partial charge in [-0.25, -0.2) is 9.69 Å². The van der Waals surface area contributed by atoms with Gasteiger partial charge in [-0.1, -0.05) is 30.3 Å². The third kappa shape index (κ3) is 2.89. The maximum atomic E-state index is 12.7. The zero-order chi connectivity index (χ0) is 17.1. The summed E-state index contributed by atoms with van der Waals surface area (Å²) in [6.07, 6.45) is 1.46. The van der Waals surface area contributed by atoms with E-state index in [4.69, 9.17) is 4.74 Å². The molecule has 1 aliphatic heterocycles. The minimum Gasteiger partial charge on any atom is -0.497 e. The molecule has 0 aliphatic carbocycles. The Morgan fingerprint density at radius 3 is 2.25 bits per heavy atom. The highest BCUT2D eigenvalue weighted by Crippen LogP contribution is 2.24. The first-order valence-corrected chi connectivity index (χ1v) is 7.20. The monoisotopic (exact) mass is 322 g/mol. The fraction of sp³-hybridized carbons (Fsp3) is 0.0556. The van der Waals surface area contributed by atoms with Crippen LogP contribution < -0.4 is 15.0 Å². The molecule has 6 nitrogen and oxygen atoms in total. The van der Waals surface area contributed by atoms with Crippen LogP contribution in [0.25, 0.3) is 6.08 Å². The van der Waals surface area contributed by atoms with Gasteiger partial charge in [-0.3, -0.25) is 14.9 Å². The van der Waals surface area contributed by atoms with Crippen molar-refractivity contribution in [3.8, 4) is 5.75 Å². The molecule has 0 unspecified atom stereocenters. The molecule has 1 saturated heterocycles. The second-order valence-corrected chi connectivity index (χ2v) is 5.07. The number of benzene rings is 2. The molecule has 6 heteroatoms. The third-order valence-electron chi connectivity index (χ3n) is 3.54. The molecule has 1 aliphatic rings. The van der Waals surface area contributed by atoms with E-state index in [2.05, 4.69) is 5.32 Å². The Kier molecular flexibility index (Phi) is 4.11. The summed E-state index contributed by atoms with van der Waals surface area (Å²) in [5, 5.41) is 2.18. The van der Waals surface area contributed by atoms with Crippen molar-refractivity contribution in [2.45, 2.75) is 0 Å². The average molecular weight is 322 g/mol. The van der Waals surface area contributed by atoms with Crippen molar-refractivity contribution >= 4 is 29.6 Å². The number of imide groups is 2. The van der Waals surface area contributed by atoms with Crippen molar-refractivity contribution < 1.29 is 19.1 Å². The lowest BCUT2D eigenvalue weighted by Gasteiger charge is -2.26. The van der Waals surface area contributed by atoms with Crippen molar-refractivity contribution in [1.82, 2.24) is 5.32 Å². The Balaban J connectivity index is 1.98. The third-order valence-corrected chi connectivity index (χ3v) is 3.54. The van der Waals surface area contributed by atoms with E-state index >= 15 is 0 Å². The molecule has 3 rings (SSSR count). The molecule has 0 aromatic heterocycles. The number of hydrogen-bond acceptors (Lipinski definition) is 4. The van der Waals surface area contributed by atoms with E-state index in [0.717, 1.165) is 4.90 Å². The number of nitrogens with one attached hydrogen (secondary N) is 1. The summed E-state index contributed by atoms with van der Waals surface area (Å²) in [4.78, 5) is 37.7. The molecule has 120 valence electrons. The normalized spacial score (nSPS) is 16.3. The summed E-state index contributed by atoms with van der Waals surface area (Å²) in [7, 11) is 1.52. The molecule has 1 heterocycles. The van der Waals surface area contributed by atoms with E-state index in [-0.39, 0.29) is 5.57 Å². The Labute approximate surface area is 138 Å². The largest absolute Gasteiger partial charge is 0.497 e. The standard InChI is InChI=1S/C18H14N2O4/c1-24-14-9-7-13(8-10-14)20-17(22)15(16(21)19-18(20)23)11-12-5-3-2-4-6-12/h2-11H,1H3,(H,19,21,23)/b15-11-. The van der Waals surface area contributed by atoms with Crippen LogP contribution in [0.15, 0.2) is 60.2 Å². The predicted octanol–water partition coefficient (Wildman–Crippen LogP) is 2.36. The van der Waals surface area contributed by atoms with Crippen molar-refractivity contribution in [3.63, 3.8) is 0 Å². The molecule has 24 heavy (non-hydrogen) atoms. The van der Waals surface area contributed by atoms with E-state index in [1.165, 1.54) is 13.2 Å². The van der Waals surface area contributed by atoms with E-state index in [0.29, 0.717) is 17.0 Å². The molecule has 0 radical (unpaired) electrons. The maximum absolute atomic E-state index is 12.7. The van der Waals surface area contributed by atoms with Gasteiger partial charge in [0.1, 0.15) is 11.3 Å². The Bertz CT molecular complexity index is 826. The Hall–Kier alpha value is -3.41. The van der Waals surface area contributed by atoms with Gasteiger partial charge in [-0.2, -0.15) is 0 Å². The summed E-state index contributed by atoms with van der Waals surface area (Å²) in [6, 6.07) is 14.6. The first-order chi connectivity index (χ1) is 11.6. The summed E-state index contributed by atoms with van der Waals surface area (Å²) in [6.45, 7) is 0. The van der Waals surface area contributed by atoms with E-state index in [1.807, 2.05) is 6.07 Å². The molecule has 0 atom stereocenters. The number of anilines is 1. The number of amides is 4. The van der Waals surface area contributed by atoms with Crippen molar-refractivity contribution in [2.75, 3.05) is 12.0 Å². The molecule has 4 amide bonds. The Morgan fingerprint density at radius 1 is 0.958 bits per heavy atom. The summed E-state index contributed by atoms with van der Waals surface area (Å²) in [5.41, 5.74) is 0.946. The highest BCUT2D eigenvalue weighted by molar-refractivity contribution is 6.39. The minimum atomic E-state index is -0.777. The van der Waals surface area contributed by atoms with Gasteiger partial charge >= 0.3 is 6.03 Å². The molecule has 1 N–H and O–H groups in total. The van der Waals surface area contributed by atoms with Gasteiger partial charge in [0.25, 0.3) is 11.8 Å². The lowest BCUT2D eigenvalue weighted by molar-refractivity contribution is -0.122. The topological polar surface area (TPSA) is 75.7 Å². The number of methoxy groups -OCH3 is 1. The van der Waals surface area contributed by atoms with Crippen LogP contribution in [0.5, 0.6) is 5.75 Å². The van der Waals surface area contributed by atoms with Gasteiger partial charge in [0, 0.05) is 0 Å². The van der Waals surface area contributed by atoms with Gasteiger partial charge in [0.05, 0.1) is 12.8 Å². The molecule has 0 bridgehead atoms. The first-order valence-electron chi connectivity index (χ1n) is 7.20. The number of ether oxygens (including phenoxy) is 1. The Morgan fingerprint density at radius 2 is 1.62 bits per heavy atom. The lowest BCUT2D eigenvalue weighted by atomic mass is 10.1. The van der Waals surface area contributed by atoms with Gasteiger partial charge in [-0.15, -0.1) is 0 Å². The second-order valence-electron chi connectivity index (χ2n) is 5.07. The number of hydrogen-bond donors (Lipinski definition) is 1. The van der Waals surface area contributed by atoms with Crippen molar-refractivity contribution in [3.05, 3.63) is 65.7 Å². The number of carbonyl (C=O) groups excluding carboxylic acids is 3. The predicted molar refractivity (Wildman–Crippen MR) is 88.4 cm³/mol. The van der Waals surface area contributed by atoms with Gasteiger partial charge in [0.2, 0.25) is 0 Å². The molecular weight excluding hydrogens is 308 g/mol. The molecular formula is C18H14N2O4. The van der Waals surface area contributed by atoms with E-state index in [1.54, 1.807) is 48.5 Å². The quantitative estimate of drug-likeness (QED) is 0.695. The number of rotatable bonds is 3. The maximum Gasteiger partial charge on any atom is 0.335 e. The smallest absolute Gasteiger partial charge is 0.335 e. The molecule has 2 aromatic rings. The van der Waals surface area contributed by atoms with Gasteiger partial charge in [0.15, 0.2) is 0 Å². The first kappa shape index (κ1) is 15.5. The van der Waals surface area contributed by atoms with Crippen LogP contribution in [0.3, 0.4) is 0 Å². The number of carbonyl (C=O) groups is 3. The highest BCUT2D eigenvalue weighted by Gasteiger charge is 2.36.